The van der Waals surface area contributed by atoms with Gasteiger partial charge < -0.3 is 4.57 Å². The van der Waals surface area contributed by atoms with Gasteiger partial charge in [0, 0.05) is 33.2 Å². The van der Waals surface area contributed by atoms with E-state index < -0.39 is 36.3 Å². The molecule has 0 saturated carbocycles. The van der Waals surface area contributed by atoms with Crippen molar-refractivity contribution in [3.05, 3.63) is 182 Å². The van der Waals surface area contributed by atoms with E-state index in [1.54, 1.807) is 6.07 Å². The molecular formula is C45H30N4. The van der Waals surface area contributed by atoms with Gasteiger partial charge in [-0.1, -0.05) is 152 Å². The first-order chi connectivity index (χ1) is 27.6. The van der Waals surface area contributed by atoms with E-state index in [1.807, 2.05) is 127 Å². The van der Waals surface area contributed by atoms with Crippen LogP contribution in [0.2, 0.25) is 0 Å². The van der Waals surface area contributed by atoms with Crippen molar-refractivity contribution in [2.45, 2.75) is 0 Å². The van der Waals surface area contributed by atoms with E-state index in [0.29, 0.717) is 34.3 Å². The van der Waals surface area contributed by atoms with Crippen LogP contribution in [0.5, 0.6) is 0 Å². The fourth-order valence-corrected chi connectivity index (χ4v) is 6.14. The first-order valence-corrected chi connectivity index (χ1v) is 15.8. The fourth-order valence-electron chi connectivity index (χ4n) is 6.14. The summed E-state index contributed by atoms with van der Waals surface area (Å²) in [4.78, 5) is 14.8. The Morgan fingerprint density at radius 2 is 0.755 bits per heavy atom. The minimum absolute atomic E-state index is 0.0000518. The molecule has 0 unspecified atom stereocenters. The first-order valence-electron chi connectivity index (χ1n) is 19.8. The van der Waals surface area contributed by atoms with Gasteiger partial charge in [0.25, 0.3) is 0 Å². The molecule has 0 atom stereocenters. The average Bonchev–Trinajstić information content (AvgIpc) is 3.63. The van der Waals surface area contributed by atoms with E-state index >= 15 is 0 Å². The SMILES string of the molecule is [2H]c1c([2H])c([2H])c2c(c1[2H])c1c([2H])c([2H])c([2H])c([2H])c1n2-c1cc(-c2ccc(-c3ccccc3)cc2)cc(-c2nc(-c3ccccc3)nc(-c3ccccc3)n2)c1. The molecule has 0 N–H and O–H groups in total. The van der Waals surface area contributed by atoms with Gasteiger partial charge in [-0.05, 0) is 52.5 Å². The van der Waals surface area contributed by atoms with E-state index in [1.165, 1.54) is 4.57 Å². The van der Waals surface area contributed by atoms with E-state index in [2.05, 4.69) is 0 Å². The van der Waals surface area contributed by atoms with Crippen LogP contribution in [0.15, 0.2) is 182 Å². The molecule has 0 radical (unpaired) electrons. The Bertz CT molecular complexity index is 2890. The zero-order valence-electron chi connectivity index (χ0n) is 34.0. The number of hydrogen-bond donors (Lipinski definition) is 0. The Balaban J connectivity index is 1.38. The Morgan fingerprint density at radius 3 is 1.27 bits per heavy atom. The number of rotatable bonds is 6. The third-order valence-electron chi connectivity index (χ3n) is 8.49. The van der Waals surface area contributed by atoms with Crippen molar-refractivity contribution in [3.63, 3.8) is 0 Å². The summed E-state index contributed by atoms with van der Waals surface area (Å²) in [5, 5.41) is 0.000104. The van der Waals surface area contributed by atoms with Crippen molar-refractivity contribution in [2.24, 2.45) is 0 Å². The van der Waals surface area contributed by atoms with Crippen molar-refractivity contribution < 1.29 is 11.0 Å². The van der Waals surface area contributed by atoms with Crippen molar-refractivity contribution in [2.75, 3.05) is 0 Å². The zero-order chi connectivity index (χ0) is 39.5. The Labute approximate surface area is 295 Å². The van der Waals surface area contributed by atoms with Crippen LogP contribution in [0.4, 0.5) is 0 Å². The topological polar surface area (TPSA) is 43.6 Å². The summed E-state index contributed by atoms with van der Waals surface area (Å²) < 4.78 is 72.0. The van der Waals surface area contributed by atoms with E-state index in [-0.39, 0.29) is 33.9 Å². The summed E-state index contributed by atoms with van der Waals surface area (Å²) in [6.07, 6.45) is 0. The van der Waals surface area contributed by atoms with Crippen molar-refractivity contribution >= 4 is 21.8 Å². The Kier molecular flexibility index (Phi) is 5.29. The maximum atomic E-state index is 9.12. The molecule has 0 fully saturated rings. The molecule has 0 saturated heterocycles. The van der Waals surface area contributed by atoms with Crippen LogP contribution in [0, 0.1) is 0 Å². The van der Waals surface area contributed by atoms with Crippen LogP contribution >= 0.6 is 0 Å². The lowest BCUT2D eigenvalue weighted by atomic mass is 9.98. The molecule has 0 bridgehead atoms. The lowest BCUT2D eigenvalue weighted by molar-refractivity contribution is 1.07. The normalized spacial score (nSPS) is 13.6. The molecule has 0 aliphatic carbocycles. The number of benzene rings is 7. The van der Waals surface area contributed by atoms with Crippen LogP contribution in [-0.4, -0.2) is 19.5 Å². The summed E-state index contributed by atoms with van der Waals surface area (Å²) in [7, 11) is 0. The third kappa shape index (κ3) is 5.35. The van der Waals surface area contributed by atoms with Gasteiger partial charge in [0.15, 0.2) is 17.5 Å². The van der Waals surface area contributed by atoms with Gasteiger partial charge in [0.2, 0.25) is 0 Å². The quantitative estimate of drug-likeness (QED) is 0.183. The van der Waals surface area contributed by atoms with Crippen LogP contribution in [0.1, 0.15) is 11.0 Å². The number of aromatic nitrogens is 4. The van der Waals surface area contributed by atoms with Gasteiger partial charge in [-0.25, -0.2) is 15.0 Å². The van der Waals surface area contributed by atoms with Crippen LogP contribution in [0.25, 0.3) is 83.9 Å². The summed E-state index contributed by atoms with van der Waals surface area (Å²) in [6, 6.07) is 39.2. The summed E-state index contributed by atoms with van der Waals surface area (Å²) in [5.41, 5.74) is 6.13. The highest BCUT2D eigenvalue weighted by Gasteiger charge is 2.17. The van der Waals surface area contributed by atoms with Crippen LogP contribution in [0.3, 0.4) is 0 Å². The molecule has 4 heteroatoms. The van der Waals surface area contributed by atoms with Gasteiger partial charge >= 0.3 is 0 Å². The summed E-state index contributed by atoms with van der Waals surface area (Å²) in [6.45, 7) is 0. The summed E-state index contributed by atoms with van der Waals surface area (Å²) >= 11 is 0. The number of fused-ring (bicyclic) bond motifs is 3. The van der Waals surface area contributed by atoms with Crippen LogP contribution in [-0.2, 0) is 0 Å². The highest BCUT2D eigenvalue weighted by atomic mass is 15.0. The standard InChI is InChI=1S/C45H30N4/c1-4-14-31(15-5-1)32-24-26-33(27-25-32)36-28-37(30-38(29-36)49-41-22-12-10-20-39(41)40-21-11-13-23-42(40)49)45-47-43(34-16-6-2-7-17-34)46-44(48-45)35-18-8-3-9-19-35/h1-30H/i10D,11D,12D,13D,20D,21D,22D,23D. The third-order valence-corrected chi connectivity index (χ3v) is 8.49. The molecule has 230 valence electrons. The molecule has 0 amide bonds. The van der Waals surface area contributed by atoms with Crippen molar-refractivity contribution in [1.29, 1.82) is 0 Å². The molecular weight excluding hydrogens is 597 g/mol. The minimum atomic E-state index is -0.501. The first kappa shape index (κ1) is 21.3. The second-order valence-corrected chi connectivity index (χ2v) is 11.5. The Hall–Kier alpha value is -6.65. The van der Waals surface area contributed by atoms with Crippen molar-refractivity contribution in [3.8, 4) is 62.1 Å². The second-order valence-electron chi connectivity index (χ2n) is 11.5. The maximum Gasteiger partial charge on any atom is 0.164 e. The molecule has 0 aliphatic rings. The second kappa shape index (κ2) is 12.2. The van der Waals surface area contributed by atoms with Crippen molar-refractivity contribution in [1.82, 2.24) is 19.5 Å². The van der Waals surface area contributed by atoms with E-state index in [0.717, 1.165) is 27.8 Å². The molecule has 2 aromatic heterocycles. The molecule has 4 nitrogen and oxygen atoms in total. The van der Waals surface area contributed by atoms with Gasteiger partial charge in [0.1, 0.15) is 0 Å². The predicted octanol–water partition coefficient (Wildman–Crippen LogP) is 11.3. The number of hydrogen-bond acceptors (Lipinski definition) is 3. The van der Waals surface area contributed by atoms with E-state index in [4.69, 9.17) is 25.9 Å². The predicted molar refractivity (Wildman–Crippen MR) is 201 cm³/mol. The van der Waals surface area contributed by atoms with E-state index in [9.17, 15) is 0 Å². The van der Waals surface area contributed by atoms with Gasteiger partial charge in [0.05, 0.1) is 22.0 Å². The zero-order valence-corrected chi connectivity index (χ0v) is 26.0. The monoisotopic (exact) mass is 634 g/mol. The molecule has 49 heavy (non-hydrogen) atoms. The average molecular weight is 635 g/mol. The molecule has 7 aromatic carbocycles. The molecule has 0 spiro atoms. The number of nitrogens with zero attached hydrogens (tertiary/aromatic N) is 4. The lowest BCUT2D eigenvalue weighted by Gasteiger charge is -2.14. The highest BCUT2D eigenvalue weighted by molar-refractivity contribution is 6.09. The highest BCUT2D eigenvalue weighted by Crippen LogP contribution is 2.36. The largest absolute Gasteiger partial charge is 0.309 e. The van der Waals surface area contributed by atoms with Gasteiger partial charge in [-0.15, -0.1) is 0 Å². The van der Waals surface area contributed by atoms with Gasteiger partial charge in [-0.2, -0.15) is 0 Å². The fraction of sp³-hybridized carbons (Fsp3) is 0. The molecule has 0 aliphatic heterocycles. The lowest BCUT2D eigenvalue weighted by Crippen LogP contribution is -2.01. The Morgan fingerprint density at radius 1 is 0.367 bits per heavy atom. The smallest absolute Gasteiger partial charge is 0.164 e. The maximum absolute atomic E-state index is 9.12. The minimum Gasteiger partial charge on any atom is -0.309 e. The number of para-hydroxylation sites is 2. The molecule has 2 heterocycles. The van der Waals surface area contributed by atoms with Gasteiger partial charge in [-0.3, -0.25) is 0 Å². The van der Waals surface area contributed by atoms with Crippen LogP contribution < -0.4 is 0 Å². The summed E-state index contributed by atoms with van der Waals surface area (Å²) in [5.74, 6) is 1.22. The molecule has 9 rings (SSSR count). The molecule has 9 aromatic rings.